The lowest BCUT2D eigenvalue weighted by atomic mass is 10.1. The molecule has 5 nitrogen and oxygen atoms in total. The number of unbranched alkanes of at least 4 members (excludes halogenated alkanes) is 8. The number of rotatable bonds is 15. The first kappa shape index (κ1) is 26.4. The van der Waals surface area contributed by atoms with E-state index in [-0.39, 0.29) is 11.7 Å². The summed E-state index contributed by atoms with van der Waals surface area (Å²) in [6, 6.07) is 13.4. The van der Waals surface area contributed by atoms with Gasteiger partial charge in [-0.25, -0.2) is 9.59 Å². The first-order valence-electron chi connectivity index (χ1n) is 12.3. The van der Waals surface area contributed by atoms with Crippen LogP contribution in [0.25, 0.3) is 0 Å². The van der Waals surface area contributed by atoms with Gasteiger partial charge in [0.2, 0.25) is 0 Å². The number of ether oxygens (including phenoxy) is 3. The molecule has 2 aromatic carbocycles. The second-order valence-electron chi connectivity index (χ2n) is 8.55. The Balaban J connectivity index is 1.78. The standard InChI is InChI=1S/C28H38O5/c1-4-5-6-7-8-9-10-11-14-20-31-27(29)23-16-15-17-24(21-23)28(30)33-26-19-13-12-18-25(26)32-22(2)3/h12-13,15-19,21-22H,4-11,14,20H2,1-3H3. The van der Waals surface area contributed by atoms with Crippen LogP contribution in [-0.2, 0) is 4.74 Å². The molecular weight excluding hydrogens is 416 g/mol. The van der Waals surface area contributed by atoms with Crippen molar-refractivity contribution in [2.45, 2.75) is 84.7 Å². The van der Waals surface area contributed by atoms with E-state index in [2.05, 4.69) is 6.92 Å². The minimum atomic E-state index is -0.552. The molecule has 0 saturated heterocycles. The van der Waals surface area contributed by atoms with Gasteiger partial charge < -0.3 is 14.2 Å². The van der Waals surface area contributed by atoms with Crippen LogP contribution < -0.4 is 9.47 Å². The fourth-order valence-electron chi connectivity index (χ4n) is 3.48. The lowest BCUT2D eigenvalue weighted by Gasteiger charge is -2.14. The molecule has 0 spiro atoms. The predicted molar refractivity (Wildman–Crippen MR) is 131 cm³/mol. The summed E-state index contributed by atoms with van der Waals surface area (Å²) in [6.45, 7) is 6.43. The summed E-state index contributed by atoms with van der Waals surface area (Å²) < 4.78 is 16.6. The molecule has 180 valence electrons. The summed E-state index contributed by atoms with van der Waals surface area (Å²) in [4.78, 5) is 25.0. The van der Waals surface area contributed by atoms with E-state index in [4.69, 9.17) is 14.2 Å². The van der Waals surface area contributed by atoms with E-state index in [0.717, 1.165) is 12.8 Å². The van der Waals surface area contributed by atoms with Crippen LogP contribution in [0.1, 0.15) is 99.3 Å². The van der Waals surface area contributed by atoms with E-state index in [0.29, 0.717) is 23.7 Å². The van der Waals surface area contributed by atoms with E-state index in [1.807, 2.05) is 19.9 Å². The van der Waals surface area contributed by atoms with Gasteiger partial charge in [0, 0.05) is 0 Å². The van der Waals surface area contributed by atoms with E-state index in [1.54, 1.807) is 36.4 Å². The number of para-hydroxylation sites is 2. The van der Waals surface area contributed by atoms with Crippen LogP contribution in [0.15, 0.2) is 48.5 Å². The number of esters is 2. The summed E-state index contributed by atoms with van der Waals surface area (Å²) in [5, 5.41) is 0. The summed E-state index contributed by atoms with van der Waals surface area (Å²) in [6.07, 6.45) is 10.8. The van der Waals surface area contributed by atoms with Crippen LogP contribution in [0.4, 0.5) is 0 Å². The van der Waals surface area contributed by atoms with Gasteiger partial charge >= 0.3 is 11.9 Å². The number of hydrogen-bond donors (Lipinski definition) is 0. The lowest BCUT2D eigenvalue weighted by molar-refractivity contribution is 0.0497. The minimum absolute atomic E-state index is 0.0475. The van der Waals surface area contributed by atoms with Crippen molar-refractivity contribution in [1.29, 1.82) is 0 Å². The molecule has 33 heavy (non-hydrogen) atoms. The van der Waals surface area contributed by atoms with Gasteiger partial charge in [-0.3, -0.25) is 0 Å². The molecular formula is C28H38O5. The molecule has 0 saturated carbocycles. The van der Waals surface area contributed by atoms with Gasteiger partial charge in [0.25, 0.3) is 0 Å². The second kappa shape index (κ2) is 15.1. The number of benzene rings is 2. The first-order chi connectivity index (χ1) is 16.0. The Kier molecular flexibility index (Phi) is 12.1. The predicted octanol–water partition coefficient (Wildman–Crippen LogP) is 7.38. The van der Waals surface area contributed by atoms with Gasteiger partial charge in [-0.05, 0) is 50.6 Å². The third kappa shape index (κ3) is 10.1. The van der Waals surface area contributed by atoms with Crippen LogP contribution in [-0.4, -0.2) is 24.6 Å². The molecule has 0 unspecified atom stereocenters. The normalized spacial score (nSPS) is 10.8. The van der Waals surface area contributed by atoms with Gasteiger partial charge in [0.15, 0.2) is 11.5 Å². The minimum Gasteiger partial charge on any atom is -0.487 e. The highest BCUT2D eigenvalue weighted by molar-refractivity contribution is 5.96. The zero-order chi connectivity index (χ0) is 23.9. The Morgan fingerprint density at radius 2 is 1.30 bits per heavy atom. The van der Waals surface area contributed by atoms with Gasteiger partial charge in [-0.2, -0.15) is 0 Å². The average molecular weight is 455 g/mol. The van der Waals surface area contributed by atoms with Crippen molar-refractivity contribution in [3.05, 3.63) is 59.7 Å². The van der Waals surface area contributed by atoms with Crippen LogP contribution in [0.5, 0.6) is 11.5 Å². The van der Waals surface area contributed by atoms with Crippen molar-refractivity contribution in [3.63, 3.8) is 0 Å². The summed E-state index contributed by atoms with van der Waals surface area (Å²) in [7, 11) is 0. The molecule has 0 aromatic heterocycles. The highest BCUT2D eigenvalue weighted by atomic mass is 16.6. The van der Waals surface area contributed by atoms with Crippen molar-refractivity contribution >= 4 is 11.9 Å². The molecule has 0 radical (unpaired) electrons. The molecule has 0 bridgehead atoms. The summed E-state index contributed by atoms with van der Waals surface area (Å²) in [5.41, 5.74) is 0.624. The van der Waals surface area contributed by atoms with Gasteiger partial charge in [-0.1, -0.05) is 76.5 Å². The van der Waals surface area contributed by atoms with E-state index in [1.165, 1.54) is 51.0 Å². The SMILES string of the molecule is CCCCCCCCCCCOC(=O)c1cccc(C(=O)Oc2ccccc2OC(C)C)c1. The highest BCUT2D eigenvalue weighted by Gasteiger charge is 2.16. The maximum Gasteiger partial charge on any atom is 0.343 e. The molecule has 0 aliphatic rings. The Labute approximate surface area is 198 Å². The Bertz CT molecular complexity index is 859. The van der Waals surface area contributed by atoms with Gasteiger partial charge in [-0.15, -0.1) is 0 Å². The molecule has 5 heteroatoms. The van der Waals surface area contributed by atoms with E-state index in [9.17, 15) is 9.59 Å². The highest BCUT2D eigenvalue weighted by Crippen LogP contribution is 2.28. The third-order valence-corrected chi connectivity index (χ3v) is 5.23. The maximum atomic E-state index is 12.6. The van der Waals surface area contributed by atoms with Gasteiger partial charge in [0.1, 0.15) is 0 Å². The monoisotopic (exact) mass is 454 g/mol. The van der Waals surface area contributed by atoms with Crippen molar-refractivity contribution < 1.29 is 23.8 Å². The molecule has 0 N–H and O–H groups in total. The van der Waals surface area contributed by atoms with Crippen molar-refractivity contribution in [3.8, 4) is 11.5 Å². The van der Waals surface area contributed by atoms with E-state index < -0.39 is 11.9 Å². The van der Waals surface area contributed by atoms with Crippen molar-refractivity contribution in [2.75, 3.05) is 6.61 Å². The molecule has 0 aliphatic heterocycles. The summed E-state index contributed by atoms with van der Waals surface area (Å²) >= 11 is 0. The molecule has 2 rings (SSSR count). The second-order valence-corrected chi connectivity index (χ2v) is 8.55. The number of hydrogen-bond acceptors (Lipinski definition) is 5. The maximum absolute atomic E-state index is 12.6. The quantitative estimate of drug-likeness (QED) is 0.160. The Morgan fingerprint density at radius 1 is 0.727 bits per heavy atom. The summed E-state index contributed by atoms with van der Waals surface area (Å²) in [5.74, 6) is -0.136. The van der Waals surface area contributed by atoms with Crippen LogP contribution in [0.2, 0.25) is 0 Å². The Morgan fingerprint density at radius 3 is 1.94 bits per heavy atom. The average Bonchev–Trinajstić information content (AvgIpc) is 2.81. The number of carbonyl (C=O) groups is 2. The van der Waals surface area contributed by atoms with Crippen LogP contribution in [0.3, 0.4) is 0 Å². The molecule has 2 aromatic rings. The largest absolute Gasteiger partial charge is 0.487 e. The van der Waals surface area contributed by atoms with Crippen molar-refractivity contribution in [1.82, 2.24) is 0 Å². The lowest BCUT2D eigenvalue weighted by Crippen LogP contribution is -2.13. The molecule has 0 aliphatic carbocycles. The zero-order valence-electron chi connectivity index (χ0n) is 20.3. The van der Waals surface area contributed by atoms with E-state index >= 15 is 0 Å². The Hall–Kier alpha value is -2.82. The topological polar surface area (TPSA) is 61.8 Å². The third-order valence-electron chi connectivity index (χ3n) is 5.23. The molecule has 0 fully saturated rings. The fraction of sp³-hybridized carbons (Fsp3) is 0.500. The smallest absolute Gasteiger partial charge is 0.343 e. The molecule has 0 amide bonds. The van der Waals surface area contributed by atoms with Crippen LogP contribution >= 0.6 is 0 Å². The zero-order valence-corrected chi connectivity index (χ0v) is 20.3. The van der Waals surface area contributed by atoms with Crippen molar-refractivity contribution in [2.24, 2.45) is 0 Å². The van der Waals surface area contributed by atoms with Gasteiger partial charge in [0.05, 0.1) is 23.8 Å². The molecule has 0 heterocycles. The fourth-order valence-corrected chi connectivity index (χ4v) is 3.48. The molecule has 0 atom stereocenters. The number of carbonyl (C=O) groups excluding carboxylic acids is 2. The van der Waals surface area contributed by atoms with Crippen LogP contribution in [0, 0.1) is 0 Å². The first-order valence-corrected chi connectivity index (χ1v) is 12.3.